The number of hydrogen-bond acceptors (Lipinski definition) is 6. The summed E-state index contributed by atoms with van der Waals surface area (Å²) in [5.41, 5.74) is 1.58. The van der Waals surface area contributed by atoms with Crippen molar-refractivity contribution in [3.8, 4) is 17.2 Å². The first-order valence-corrected chi connectivity index (χ1v) is 12.7. The molecule has 38 heavy (non-hydrogen) atoms. The number of hydrogen-bond donors (Lipinski definition) is 1. The molecule has 2 atom stereocenters. The van der Waals surface area contributed by atoms with Crippen LogP contribution in [0.5, 0.6) is 17.2 Å². The average Bonchev–Trinajstić information content (AvgIpc) is 3.60. The van der Waals surface area contributed by atoms with E-state index in [4.69, 9.17) is 18.9 Å². The van der Waals surface area contributed by atoms with Gasteiger partial charge in [0.2, 0.25) is 6.79 Å². The van der Waals surface area contributed by atoms with Crippen molar-refractivity contribution in [3.63, 3.8) is 0 Å². The van der Waals surface area contributed by atoms with Crippen molar-refractivity contribution >= 4 is 5.91 Å². The molecule has 2 aliphatic heterocycles. The normalized spacial score (nSPS) is 17.0. The Labute approximate surface area is 220 Å². The standard InChI is InChI=1S/C29H30F2N2O5/c30-22-6-3-5-20(13-22)15-32-29(34)28(38-25-9-2-1-8-24(25)31)18-33(17-23-7-4-12-35-23)16-21-10-11-26-27(14-21)37-19-36-26/h1-3,5-6,8-11,13-14,23,28H,4,7,12,15-19H2,(H,32,34). The van der Waals surface area contributed by atoms with E-state index < -0.39 is 17.8 Å². The average molecular weight is 525 g/mol. The summed E-state index contributed by atoms with van der Waals surface area (Å²) >= 11 is 0. The number of benzene rings is 3. The van der Waals surface area contributed by atoms with Crippen LogP contribution >= 0.6 is 0 Å². The maximum Gasteiger partial charge on any atom is 0.262 e. The fourth-order valence-corrected chi connectivity index (χ4v) is 4.63. The third-order valence-corrected chi connectivity index (χ3v) is 6.51. The topological polar surface area (TPSA) is 69.3 Å². The van der Waals surface area contributed by atoms with Crippen LogP contribution < -0.4 is 19.5 Å². The number of ether oxygens (including phenoxy) is 4. The van der Waals surface area contributed by atoms with Gasteiger partial charge >= 0.3 is 0 Å². The van der Waals surface area contributed by atoms with E-state index in [-0.39, 0.29) is 37.6 Å². The molecule has 0 radical (unpaired) electrons. The summed E-state index contributed by atoms with van der Waals surface area (Å²) in [6.07, 6.45) is 0.887. The van der Waals surface area contributed by atoms with E-state index in [0.29, 0.717) is 36.8 Å². The van der Waals surface area contributed by atoms with Crippen molar-refractivity contribution in [3.05, 3.63) is 89.5 Å². The highest BCUT2D eigenvalue weighted by molar-refractivity contribution is 5.81. The fourth-order valence-electron chi connectivity index (χ4n) is 4.63. The van der Waals surface area contributed by atoms with Gasteiger partial charge in [0.05, 0.1) is 6.10 Å². The Hall–Kier alpha value is -3.69. The summed E-state index contributed by atoms with van der Waals surface area (Å²) in [6, 6.07) is 17.7. The molecule has 2 aliphatic rings. The first-order chi connectivity index (χ1) is 18.5. The molecule has 2 unspecified atom stereocenters. The molecule has 0 bridgehead atoms. The molecule has 0 aromatic heterocycles. The van der Waals surface area contributed by atoms with Gasteiger partial charge < -0.3 is 24.3 Å². The van der Waals surface area contributed by atoms with Crippen LogP contribution in [-0.4, -0.2) is 49.5 Å². The number of fused-ring (bicyclic) bond motifs is 1. The van der Waals surface area contributed by atoms with Crippen molar-refractivity contribution in [2.75, 3.05) is 26.5 Å². The van der Waals surface area contributed by atoms with E-state index in [0.717, 1.165) is 18.4 Å². The van der Waals surface area contributed by atoms with E-state index in [1.54, 1.807) is 24.3 Å². The number of nitrogens with zero attached hydrogens (tertiary/aromatic N) is 1. The summed E-state index contributed by atoms with van der Waals surface area (Å²) in [7, 11) is 0. The number of rotatable bonds is 11. The smallest absolute Gasteiger partial charge is 0.262 e. The van der Waals surface area contributed by atoms with Crippen LogP contribution in [0.3, 0.4) is 0 Å². The van der Waals surface area contributed by atoms with Crippen molar-refractivity contribution < 1.29 is 32.5 Å². The molecular weight excluding hydrogens is 494 g/mol. The lowest BCUT2D eigenvalue weighted by Crippen LogP contribution is -2.47. The highest BCUT2D eigenvalue weighted by atomic mass is 19.1. The minimum Gasteiger partial charge on any atom is -0.476 e. The molecule has 1 N–H and O–H groups in total. The first-order valence-electron chi connectivity index (χ1n) is 12.7. The predicted molar refractivity (Wildman–Crippen MR) is 136 cm³/mol. The molecule has 1 fully saturated rings. The van der Waals surface area contributed by atoms with E-state index in [9.17, 15) is 13.6 Å². The maximum absolute atomic E-state index is 14.5. The number of carbonyl (C=O) groups is 1. The monoisotopic (exact) mass is 524 g/mol. The Bertz CT molecular complexity index is 1250. The second kappa shape index (κ2) is 12.2. The molecule has 2 heterocycles. The fraction of sp³-hybridized carbons (Fsp3) is 0.345. The number of halogens is 2. The Kier molecular flexibility index (Phi) is 8.35. The van der Waals surface area contributed by atoms with Crippen LogP contribution in [-0.2, 0) is 22.6 Å². The molecule has 3 aromatic carbocycles. The van der Waals surface area contributed by atoms with E-state index in [1.165, 1.54) is 24.3 Å². The lowest BCUT2D eigenvalue weighted by Gasteiger charge is -2.29. The third-order valence-electron chi connectivity index (χ3n) is 6.51. The summed E-state index contributed by atoms with van der Waals surface area (Å²) in [6.45, 7) is 2.24. The van der Waals surface area contributed by atoms with Gasteiger partial charge in [-0.15, -0.1) is 0 Å². The molecule has 200 valence electrons. The van der Waals surface area contributed by atoms with Crippen LogP contribution in [0.1, 0.15) is 24.0 Å². The lowest BCUT2D eigenvalue weighted by molar-refractivity contribution is -0.129. The highest BCUT2D eigenvalue weighted by Crippen LogP contribution is 2.33. The van der Waals surface area contributed by atoms with Crippen molar-refractivity contribution in [2.45, 2.75) is 38.1 Å². The molecule has 1 saturated heterocycles. The summed E-state index contributed by atoms with van der Waals surface area (Å²) in [4.78, 5) is 15.4. The van der Waals surface area contributed by atoms with Crippen molar-refractivity contribution in [1.29, 1.82) is 0 Å². The zero-order valence-electron chi connectivity index (χ0n) is 20.9. The number of nitrogens with one attached hydrogen (secondary N) is 1. The second-order valence-corrected chi connectivity index (χ2v) is 9.40. The maximum atomic E-state index is 14.5. The molecule has 7 nitrogen and oxygen atoms in total. The zero-order chi connectivity index (χ0) is 26.3. The summed E-state index contributed by atoms with van der Waals surface area (Å²) in [5, 5.41) is 2.82. The molecule has 1 amide bonds. The van der Waals surface area contributed by atoms with Gasteiger partial charge in [-0.05, 0) is 60.4 Å². The zero-order valence-corrected chi connectivity index (χ0v) is 20.9. The van der Waals surface area contributed by atoms with Crippen molar-refractivity contribution in [1.82, 2.24) is 10.2 Å². The quantitative estimate of drug-likeness (QED) is 0.400. The van der Waals surface area contributed by atoms with E-state index in [2.05, 4.69) is 10.2 Å². The Morgan fingerprint density at radius 2 is 1.89 bits per heavy atom. The number of para-hydroxylation sites is 1. The number of carbonyl (C=O) groups excluding carboxylic acids is 1. The van der Waals surface area contributed by atoms with Gasteiger partial charge in [0, 0.05) is 32.8 Å². The predicted octanol–water partition coefficient (Wildman–Crippen LogP) is 4.44. The molecule has 9 heteroatoms. The molecule has 3 aromatic rings. The molecule has 5 rings (SSSR count). The third kappa shape index (κ3) is 6.79. The molecule has 0 spiro atoms. The van der Waals surface area contributed by atoms with Gasteiger partial charge in [-0.1, -0.05) is 30.3 Å². The minimum absolute atomic E-state index is 0.0152. The Morgan fingerprint density at radius 1 is 1.03 bits per heavy atom. The van der Waals surface area contributed by atoms with Crippen LogP contribution in [0.4, 0.5) is 8.78 Å². The van der Waals surface area contributed by atoms with Gasteiger partial charge in [0.1, 0.15) is 5.82 Å². The van der Waals surface area contributed by atoms with Gasteiger partial charge in [-0.25, -0.2) is 8.78 Å². The second-order valence-electron chi connectivity index (χ2n) is 9.40. The van der Waals surface area contributed by atoms with Crippen LogP contribution in [0.15, 0.2) is 66.7 Å². The Morgan fingerprint density at radius 3 is 2.71 bits per heavy atom. The lowest BCUT2D eigenvalue weighted by atomic mass is 10.1. The van der Waals surface area contributed by atoms with Gasteiger partial charge in [-0.3, -0.25) is 9.69 Å². The van der Waals surface area contributed by atoms with Gasteiger partial charge in [0.15, 0.2) is 29.2 Å². The SMILES string of the molecule is O=C(NCc1cccc(F)c1)C(CN(Cc1ccc2c(c1)OCO2)CC1CCCO1)Oc1ccccc1F. The molecule has 0 saturated carbocycles. The summed E-state index contributed by atoms with van der Waals surface area (Å²) < 4.78 is 50.9. The highest BCUT2D eigenvalue weighted by Gasteiger charge is 2.28. The van der Waals surface area contributed by atoms with Crippen LogP contribution in [0, 0.1) is 11.6 Å². The van der Waals surface area contributed by atoms with E-state index >= 15 is 0 Å². The molecule has 0 aliphatic carbocycles. The van der Waals surface area contributed by atoms with E-state index in [1.807, 2.05) is 18.2 Å². The number of amides is 1. The largest absolute Gasteiger partial charge is 0.476 e. The summed E-state index contributed by atoms with van der Waals surface area (Å²) in [5.74, 6) is -0.0261. The van der Waals surface area contributed by atoms with Gasteiger partial charge in [0.25, 0.3) is 5.91 Å². The minimum atomic E-state index is -1.03. The van der Waals surface area contributed by atoms with Gasteiger partial charge in [-0.2, -0.15) is 0 Å². The molecular formula is C29H30F2N2O5. The first kappa shape index (κ1) is 25.9. The van der Waals surface area contributed by atoms with Crippen molar-refractivity contribution in [2.24, 2.45) is 0 Å². The van der Waals surface area contributed by atoms with Crippen LogP contribution in [0.2, 0.25) is 0 Å². The Balaban J connectivity index is 1.35. The van der Waals surface area contributed by atoms with Crippen LogP contribution in [0.25, 0.3) is 0 Å².